The van der Waals surface area contributed by atoms with Gasteiger partial charge < -0.3 is 9.30 Å². The molecule has 2 rings (SSSR count). The van der Waals surface area contributed by atoms with Gasteiger partial charge in [0.1, 0.15) is 0 Å². The molecule has 0 amide bonds. The summed E-state index contributed by atoms with van der Waals surface area (Å²) in [6, 6.07) is 3.72. The molecule has 0 aliphatic heterocycles. The Balaban J connectivity index is 2.13. The van der Waals surface area contributed by atoms with E-state index >= 15 is 0 Å². The molecule has 76 valence electrons. The van der Waals surface area contributed by atoms with Crippen LogP contribution in [0.3, 0.4) is 0 Å². The van der Waals surface area contributed by atoms with E-state index in [1.807, 2.05) is 22.9 Å². The zero-order valence-corrected chi connectivity index (χ0v) is 8.40. The number of rotatable bonds is 4. The fourth-order valence-corrected chi connectivity index (χ4v) is 1.99. The van der Waals surface area contributed by atoms with E-state index in [4.69, 9.17) is 4.74 Å². The van der Waals surface area contributed by atoms with Crippen LogP contribution < -0.4 is 0 Å². The van der Waals surface area contributed by atoms with Crippen LogP contribution in [0.15, 0.2) is 18.3 Å². The highest BCUT2D eigenvalue weighted by Crippen LogP contribution is 2.36. The standard InChI is InChI=1S/C11H15NO2/c1-14-11(5-3-6-11)9-12-7-2-4-10(12)8-13/h2,4,7-8H,3,5-6,9H2,1H3. The Bertz CT molecular complexity index is 320. The van der Waals surface area contributed by atoms with Crippen LogP contribution in [0, 0.1) is 0 Å². The monoisotopic (exact) mass is 193 g/mol. The van der Waals surface area contributed by atoms with Crippen LogP contribution in [-0.4, -0.2) is 23.6 Å². The van der Waals surface area contributed by atoms with E-state index in [1.54, 1.807) is 7.11 Å². The third-order valence-corrected chi connectivity index (χ3v) is 3.14. The fraction of sp³-hybridized carbons (Fsp3) is 0.545. The minimum absolute atomic E-state index is 0.0171. The predicted molar refractivity (Wildman–Crippen MR) is 53.4 cm³/mol. The average molecular weight is 193 g/mol. The molecular formula is C11H15NO2. The van der Waals surface area contributed by atoms with Gasteiger partial charge >= 0.3 is 0 Å². The third kappa shape index (κ3) is 1.48. The SMILES string of the molecule is COC1(Cn2cccc2C=O)CCC1. The van der Waals surface area contributed by atoms with Crippen LogP contribution in [0.25, 0.3) is 0 Å². The number of aldehydes is 1. The van der Waals surface area contributed by atoms with Crippen molar-refractivity contribution in [3.63, 3.8) is 0 Å². The highest BCUT2D eigenvalue weighted by Gasteiger charge is 2.37. The molecule has 1 heterocycles. The lowest BCUT2D eigenvalue weighted by atomic mass is 9.80. The van der Waals surface area contributed by atoms with Gasteiger partial charge in [-0.15, -0.1) is 0 Å². The lowest BCUT2D eigenvalue weighted by molar-refractivity contribution is -0.0835. The van der Waals surface area contributed by atoms with Crippen molar-refractivity contribution in [2.45, 2.75) is 31.4 Å². The van der Waals surface area contributed by atoms with Crippen LogP contribution in [0.2, 0.25) is 0 Å². The second kappa shape index (κ2) is 3.58. The molecule has 14 heavy (non-hydrogen) atoms. The summed E-state index contributed by atoms with van der Waals surface area (Å²) < 4.78 is 7.48. The smallest absolute Gasteiger partial charge is 0.166 e. The normalized spacial score (nSPS) is 18.9. The second-order valence-corrected chi connectivity index (χ2v) is 3.92. The Morgan fingerprint density at radius 2 is 2.43 bits per heavy atom. The van der Waals surface area contributed by atoms with Crippen molar-refractivity contribution in [2.24, 2.45) is 0 Å². The van der Waals surface area contributed by atoms with Crippen LogP contribution in [-0.2, 0) is 11.3 Å². The lowest BCUT2D eigenvalue weighted by Crippen LogP contribution is -2.43. The topological polar surface area (TPSA) is 31.2 Å². The molecule has 1 saturated carbocycles. The van der Waals surface area contributed by atoms with E-state index in [9.17, 15) is 4.79 Å². The first-order chi connectivity index (χ1) is 6.79. The highest BCUT2D eigenvalue weighted by molar-refractivity contribution is 5.72. The van der Waals surface area contributed by atoms with E-state index in [0.29, 0.717) is 0 Å². The molecule has 3 heteroatoms. The van der Waals surface area contributed by atoms with Crippen molar-refractivity contribution >= 4 is 6.29 Å². The molecule has 0 saturated heterocycles. The molecule has 1 fully saturated rings. The summed E-state index contributed by atoms with van der Waals surface area (Å²) in [4.78, 5) is 10.7. The number of hydrogen-bond acceptors (Lipinski definition) is 2. The number of carbonyl (C=O) groups excluding carboxylic acids is 1. The highest BCUT2D eigenvalue weighted by atomic mass is 16.5. The number of aromatic nitrogens is 1. The van der Waals surface area contributed by atoms with Gasteiger partial charge in [0.2, 0.25) is 0 Å². The molecule has 1 aromatic rings. The Labute approximate surface area is 83.7 Å². The van der Waals surface area contributed by atoms with Crippen molar-refractivity contribution in [1.82, 2.24) is 4.57 Å². The van der Waals surface area contributed by atoms with E-state index in [-0.39, 0.29) is 5.60 Å². The summed E-state index contributed by atoms with van der Waals surface area (Å²) in [5.41, 5.74) is 0.713. The molecule has 0 spiro atoms. The third-order valence-electron chi connectivity index (χ3n) is 3.14. The predicted octanol–water partition coefficient (Wildman–Crippen LogP) is 1.87. The van der Waals surface area contributed by atoms with Crippen LogP contribution in [0.5, 0.6) is 0 Å². The molecule has 0 N–H and O–H groups in total. The van der Waals surface area contributed by atoms with Gasteiger partial charge in [-0.1, -0.05) is 0 Å². The van der Waals surface area contributed by atoms with Crippen molar-refractivity contribution in [3.8, 4) is 0 Å². The van der Waals surface area contributed by atoms with Gasteiger partial charge in [-0.05, 0) is 31.4 Å². The van der Waals surface area contributed by atoms with Crippen molar-refractivity contribution < 1.29 is 9.53 Å². The zero-order valence-electron chi connectivity index (χ0n) is 8.40. The Morgan fingerprint density at radius 3 is 2.93 bits per heavy atom. The van der Waals surface area contributed by atoms with Crippen LogP contribution in [0.1, 0.15) is 29.8 Å². The largest absolute Gasteiger partial charge is 0.376 e. The molecule has 1 aliphatic carbocycles. The van der Waals surface area contributed by atoms with Gasteiger partial charge in [0.05, 0.1) is 17.8 Å². The van der Waals surface area contributed by atoms with Crippen molar-refractivity contribution in [3.05, 3.63) is 24.0 Å². The minimum atomic E-state index is -0.0171. The number of nitrogens with zero attached hydrogens (tertiary/aromatic N) is 1. The summed E-state index contributed by atoms with van der Waals surface area (Å²) in [6.45, 7) is 0.796. The number of methoxy groups -OCH3 is 1. The van der Waals surface area contributed by atoms with Gasteiger partial charge in [-0.2, -0.15) is 0 Å². The van der Waals surface area contributed by atoms with Crippen molar-refractivity contribution in [2.75, 3.05) is 7.11 Å². The fourth-order valence-electron chi connectivity index (χ4n) is 1.99. The van der Waals surface area contributed by atoms with E-state index in [1.165, 1.54) is 6.42 Å². The van der Waals surface area contributed by atoms with Gasteiger partial charge in [0.25, 0.3) is 0 Å². The van der Waals surface area contributed by atoms with Gasteiger partial charge in [-0.25, -0.2) is 0 Å². The van der Waals surface area contributed by atoms with Gasteiger partial charge in [0, 0.05) is 13.3 Å². The summed E-state index contributed by atoms with van der Waals surface area (Å²) in [7, 11) is 1.75. The average Bonchev–Trinajstić information content (AvgIpc) is 2.58. The first-order valence-corrected chi connectivity index (χ1v) is 4.95. The van der Waals surface area contributed by atoms with E-state index in [2.05, 4.69) is 0 Å². The lowest BCUT2D eigenvalue weighted by Gasteiger charge is -2.40. The summed E-state index contributed by atoms with van der Waals surface area (Å²) in [6.07, 6.45) is 6.25. The molecule has 3 nitrogen and oxygen atoms in total. The second-order valence-electron chi connectivity index (χ2n) is 3.92. The number of ether oxygens (including phenoxy) is 1. The number of carbonyl (C=O) groups is 1. The maximum absolute atomic E-state index is 10.7. The Kier molecular flexibility index (Phi) is 2.42. The van der Waals surface area contributed by atoms with Gasteiger partial charge in [0.15, 0.2) is 6.29 Å². The van der Waals surface area contributed by atoms with E-state index < -0.39 is 0 Å². The molecule has 0 aromatic carbocycles. The summed E-state index contributed by atoms with van der Waals surface area (Å²) in [5, 5.41) is 0. The Hall–Kier alpha value is -1.09. The molecule has 0 bridgehead atoms. The van der Waals surface area contributed by atoms with Crippen LogP contribution in [0.4, 0.5) is 0 Å². The number of hydrogen-bond donors (Lipinski definition) is 0. The molecular weight excluding hydrogens is 178 g/mol. The summed E-state index contributed by atoms with van der Waals surface area (Å²) >= 11 is 0. The maximum atomic E-state index is 10.7. The molecule has 0 atom stereocenters. The first-order valence-electron chi connectivity index (χ1n) is 4.95. The van der Waals surface area contributed by atoms with Crippen LogP contribution >= 0.6 is 0 Å². The van der Waals surface area contributed by atoms with Crippen molar-refractivity contribution in [1.29, 1.82) is 0 Å². The Morgan fingerprint density at radius 1 is 1.64 bits per heavy atom. The van der Waals surface area contributed by atoms with E-state index in [0.717, 1.165) is 31.4 Å². The maximum Gasteiger partial charge on any atom is 0.166 e. The molecule has 1 aliphatic rings. The minimum Gasteiger partial charge on any atom is -0.376 e. The first kappa shape index (κ1) is 9.46. The summed E-state index contributed by atoms with van der Waals surface area (Å²) in [5.74, 6) is 0. The molecule has 1 aromatic heterocycles. The van der Waals surface area contributed by atoms with Gasteiger partial charge in [-0.3, -0.25) is 4.79 Å². The quantitative estimate of drug-likeness (QED) is 0.683. The molecule has 0 unspecified atom stereocenters. The molecule has 0 radical (unpaired) electrons. The zero-order chi connectivity index (χ0) is 10.0.